The predicted molar refractivity (Wildman–Crippen MR) is 95.1 cm³/mol. The van der Waals surface area contributed by atoms with Gasteiger partial charge in [0.2, 0.25) is 5.91 Å². The molecule has 138 valence electrons. The van der Waals surface area contributed by atoms with E-state index in [0.29, 0.717) is 6.42 Å². The van der Waals surface area contributed by atoms with Crippen LogP contribution in [-0.4, -0.2) is 39.7 Å². The molecular formula is C19H29N3O3. The van der Waals surface area contributed by atoms with E-state index in [1.165, 1.54) is 5.69 Å². The molecule has 0 aromatic carbocycles. The summed E-state index contributed by atoms with van der Waals surface area (Å²) in [5, 5.41) is 2.91. The Morgan fingerprint density at radius 2 is 2.00 bits per heavy atom. The molecule has 0 bridgehead atoms. The summed E-state index contributed by atoms with van der Waals surface area (Å²) in [7, 11) is 0. The Morgan fingerprint density at radius 1 is 1.24 bits per heavy atom. The SMILES string of the molecule is C[C@@H]1c2cccn2CCN1C(=O)[C@H]1CC[C@@H](NC(=O)OC(C)(C)C)C1. The lowest BCUT2D eigenvalue weighted by Crippen LogP contribution is -2.43. The second-order valence-electron chi connectivity index (χ2n) is 8.19. The summed E-state index contributed by atoms with van der Waals surface area (Å²) in [5.41, 5.74) is 0.691. The molecule has 3 rings (SSSR count). The van der Waals surface area contributed by atoms with E-state index in [4.69, 9.17) is 4.74 Å². The molecule has 1 aromatic rings. The Labute approximate surface area is 149 Å². The summed E-state index contributed by atoms with van der Waals surface area (Å²) in [6.07, 6.45) is 4.03. The average Bonchev–Trinajstić information content (AvgIpc) is 3.14. The normalized spacial score (nSPS) is 26.2. The minimum absolute atomic E-state index is 0.0103. The summed E-state index contributed by atoms with van der Waals surface area (Å²) < 4.78 is 7.53. The minimum Gasteiger partial charge on any atom is -0.444 e. The number of hydrogen-bond acceptors (Lipinski definition) is 3. The molecule has 1 aromatic heterocycles. The molecule has 2 amide bonds. The third-order valence-electron chi connectivity index (χ3n) is 5.13. The molecule has 6 nitrogen and oxygen atoms in total. The van der Waals surface area contributed by atoms with Gasteiger partial charge in [0, 0.05) is 36.9 Å². The highest BCUT2D eigenvalue weighted by Gasteiger charge is 2.37. The lowest BCUT2D eigenvalue weighted by atomic mass is 10.0. The van der Waals surface area contributed by atoms with Crippen molar-refractivity contribution in [3.63, 3.8) is 0 Å². The Balaban J connectivity index is 1.55. The number of rotatable bonds is 2. The van der Waals surface area contributed by atoms with Crippen LogP contribution in [0.25, 0.3) is 0 Å². The van der Waals surface area contributed by atoms with Crippen molar-refractivity contribution in [1.82, 2.24) is 14.8 Å². The molecule has 0 saturated heterocycles. The zero-order valence-corrected chi connectivity index (χ0v) is 15.6. The van der Waals surface area contributed by atoms with Crippen LogP contribution in [0.5, 0.6) is 0 Å². The third-order valence-corrected chi connectivity index (χ3v) is 5.13. The molecule has 2 heterocycles. The average molecular weight is 347 g/mol. The quantitative estimate of drug-likeness (QED) is 0.894. The second-order valence-corrected chi connectivity index (χ2v) is 8.19. The van der Waals surface area contributed by atoms with E-state index in [0.717, 1.165) is 25.9 Å². The fourth-order valence-corrected chi connectivity index (χ4v) is 3.93. The molecule has 1 N–H and O–H groups in total. The van der Waals surface area contributed by atoms with E-state index >= 15 is 0 Å². The number of nitrogens with one attached hydrogen (secondary N) is 1. The van der Waals surface area contributed by atoms with Gasteiger partial charge in [-0.25, -0.2) is 4.79 Å². The van der Waals surface area contributed by atoms with Crippen LogP contribution in [0, 0.1) is 5.92 Å². The largest absolute Gasteiger partial charge is 0.444 e. The van der Waals surface area contributed by atoms with Gasteiger partial charge >= 0.3 is 6.09 Å². The van der Waals surface area contributed by atoms with Gasteiger partial charge in [0.25, 0.3) is 0 Å². The van der Waals surface area contributed by atoms with E-state index in [1.54, 1.807) is 0 Å². The van der Waals surface area contributed by atoms with Crippen molar-refractivity contribution in [2.24, 2.45) is 5.92 Å². The lowest BCUT2D eigenvalue weighted by Gasteiger charge is -2.36. The van der Waals surface area contributed by atoms with Crippen LogP contribution in [0.4, 0.5) is 4.79 Å². The van der Waals surface area contributed by atoms with Crippen molar-refractivity contribution < 1.29 is 14.3 Å². The van der Waals surface area contributed by atoms with Gasteiger partial charge in [-0.15, -0.1) is 0 Å². The van der Waals surface area contributed by atoms with Crippen LogP contribution >= 0.6 is 0 Å². The van der Waals surface area contributed by atoms with E-state index in [1.807, 2.05) is 31.7 Å². The standard InChI is InChI=1S/C19H29N3O3/c1-13-16-6-5-9-21(16)10-11-22(13)17(23)14-7-8-15(12-14)20-18(24)25-19(2,3)4/h5-6,9,13-15H,7-8,10-12H2,1-4H3,(H,20,24)/t13-,14+,15-/m1/s1. The Morgan fingerprint density at radius 3 is 2.72 bits per heavy atom. The van der Waals surface area contributed by atoms with Crippen LogP contribution < -0.4 is 5.32 Å². The van der Waals surface area contributed by atoms with E-state index < -0.39 is 11.7 Å². The number of ether oxygens (including phenoxy) is 1. The Bertz CT molecular complexity index is 647. The molecule has 1 aliphatic carbocycles. The van der Waals surface area contributed by atoms with Gasteiger partial charge in [0.15, 0.2) is 0 Å². The van der Waals surface area contributed by atoms with E-state index in [9.17, 15) is 9.59 Å². The molecule has 0 unspecified atom stereocenters. The summed E-state index contributed by atoms with van der Waals surface area (Å²) in [6.45, 7) is 9.24. The topological polar surface area (TPSA) is 63.6 Å². The maximum atomic E-state index is 13.0. The summed E-state index contributed by atoms with van der Waals surface area (Å²) in [4.78, 5) is 26.9. The van der Waals surface area contributed by atoms with Crippen molar-refractivity contribution in [2.75, 3.05) is 6.54 Å². The van der Waals surface area contributed by atoms with Crippen molar-refractivity contribution >= 4 is 12.0 Å². The zero-order valence-electron chi connectivity index (χ0n) is 15.6. The smallest absolute Gasteiger partial charge is 0.407 e. The highest BCUT2D eigenvalue weighted by Crippen LogP contribution is 2.32. The first-order valence-corrected chi connectivity index (χ1v) is 9.19. The van der Waals surface area contributed by atoms with Gasteiger partial charge in [-0.3, -0.25) is 4.79 Å². The highest BCUT2D eigenvalue weighted by molar-refractivity contribution is 5.80. The van der Waals surface area contributed by atoms with Crippen molar-refractivity contribution in [2.45, 2.75) is 71.2 Å². The van der Waals surface area contributed by atoms with Gasteiger partial charge in [-0.2, -0.15) is 0 Å². The number of carbonyl (C=O) groups is 2. The monoisotopic (exact) mass is 347 g/mol. The third kappa shape index (κ3) is 3.99. The van der Waals surface area contributed by atoms with Crippen molar-refractivity contribution in [3.05, 3.63) is 24.0 Å². The van der Waals surface area contributed by atoms with E-state index in [-0.39, 0.29) is 23.9 Å². The molecule has 1 fully saturated rings. The van der Waals surface area contributed by atoms with Gasteiger partial charge in [-0.1, -0.05) is 0 Å². The molecule has 6 heteroatoms. The van der Waals surface area contributed by atoms with Crippen LogP contribution in [0.3, 0.4) is 0 Å². The highest BCUT2D eigenvalue weighted by atomic mass is 16.6. The summed E-state index contributed by atoms with van der Waals surface area (Å²) in [5.74, 6) is 0.206. The lowest BCUT2D eigenvalue weighted by molar-refractivity contribution is -0.138. The molecular weight excluding hydrogens is 318 g/mol. The number of amides is 2. The van der Waals surface area contributed by atoms with Crippen molar-refractivity contribution in [3.8, 4) is 0 Å². The van der Waals surface area contributed by atoms with Crippen LogP contribution in [-0.2, 0) is 16.1 Å². The number of alkyl carbamates (subject to hydrolysis) is 1. The second kappa shape index (κ2) is 6.73. The summed E-state index contributed by atoms with van der Waals surface area (Å²) in [6, 6.07) is 4.25. The van der Waals surface area contributed by atoms with Crippen LogP contribution in [0.2, 0.25) is 0 Å². The number of aromatic nitrogens is 1. The first-order valence-electron chi connectivity index (χ1n) is 9.19. The number of nitrogens with zero attached hydrogens (tertiary/aromatic N) is 2. The molecule has 0 radical (unpaired) electrons. The maximum absolute atomic E-state index is 13.0. The van der Waals surface area contributed by atoms with Crippen LogP contribution in [0.15, 0.2) is 18.3 Å². The molecule has 1 aliphatic heterocycles. The molecule has 3 atom stereocenters. The molecule has 25 heavy (non-hydrogen) atoms. The first-order chi connectivity index (χ1) is 11.7. The van der Waals surface area contributed by atoms with Gasteiger partial charge < -0.3 is 19.5 Å². The molecule has 1 saturated carbocycles. The van der Waals surface area contributed by atoms with Crippen LogP contribution in [0.1, 0.15) is 58.7 Å². The van der Waals surface area contributed by atoms with Gasteiger partial charge in [0.1, 0.15) is 5.60 Å². The first kappa shape index (κ1) is 17.8. The van der Waals surface area contributed by atoms with Crippen molar-refractivity contribution in [1.29, 1.82) is 0 Å². The Kier molecular flexibility index (Phi) is 4.80. The van der Waals surface area contributed by atoms with E-state index in [2.05, 4.69) is 29.1 Å². The summed E-state index contributed by atoms with van der Waals surface area (Å²) >= 11 is 0. The predicted octanol–water partition coefficient (Wildman–Crippen LogP) is 3.08. The van der Waals surface area contributed by atoms with Gasteiger partial charge in [-0.05, 0) is 59.1 Å². The zero-order chi connectivity index (χ0) is 18.2. The molecule has 2 aliphatic rings. The fraction of sp³-hybridized carbons (Fsp3) is 0.684. The fourth-order valence-electron chi connectivity index (χ4n) is 3.93. The number of hydrogen-bond donors (Lipinski definition) is 1. The number of carbonyl (C=O) groups excluding carboxylic acids is 2. The minimum atomic E-state index is -0.504. The Hall–Kier alpha value is -1.98. The van der Waals surface area contributed by atoms with Gasteiger partial charge in [0.05, 0.1) is 6.04 Å². The number of fused-ring (bicyclic) bond motifs is 1. The molecule has 0 spiro atoms. The maximum Gasteiger partial charge on any atom is 0.407 e.